The summed E-state index contributed by atoms with van der Waals surface area (Å²) in [6, 6.07) is 8.38. The molecule has 1 heterocycles. The summed E-state index contributed by atoms with van der Waals surface area (Å²) in [7, 11) is 1.67. The van der Waals surface area contributed by atoms with E-state index in [1.807, 2.05) is 13.0 Å². The van der Waals surface area contributed by atoms with Gasteiger partial charge in [-0.3, -0.25) is 0 Å². The average Bonchev–Trinajstić information content (AvgIpc) is 2.37. The SMILES string of the molecule is COCC(C)C(O)C1NCCc2ccccc21. The minimum Gasteiger partial charge on any atom is -0.391 e. The predicted octanol–water partition coefficient (Wildman–Crippen LogP) is 1.52. The minimum absolute atomic E-state index is 0.0325. The average molecular weight is 235 g/mol. The van der Waals surface area contributed by atoms with E-state index in [0.29, 0.717) is 6.61 Å². The number of fused-ring (bicyclic) bond motifs is 1. The molecule has 1 aromatic rings. The van der Waals surface area contributed by atoms with Gasteiger partial charge in [-0.15, -0.1) is 0 Å². The van der Waals surface area contributed by atoms with Crippen molar-refractivity contribution < 1.29 is 9.84 Å². The number of methoxy groups -OCH3 is 1. The van der Waals surface area contributed by atoms with Crippen molar-refractivity contribution in [3.05, 3.63) is 35.4 Å². The molecular formula is C14H21NO2. The van der Waals surface area contributed by atoms with E-state index in [4.69, 9.17) is 4.74 Å². The first-order valence-corrected chi connectivity index (χ1v) is 6.22. The van der Waals surface area contributed by atoms with Gasteiger partial charge in [0.15, 0.2) is 0 Å². The molecule has 0 bridgehead atoms. The molecule has 0 aromatic heterocycles. The highest BCUT2D eigenvalue weighted by Crippen LogP contribution is 2.28. The van der Waals surface area contributed by atoms with Gasteiger partial charge in [0.05, 0.1) is 18.8 Å². The molecule has 17 heavy (non-hydrogen) atoms. The Bertz CT molecular complexity index is 367. The third-order valence-electron chi connectivity index (χ3n) is 3.50. The van der Waals surface area contributed by atoms with E-state index in [1.165, 1.54) is 11.1 Å². The van der Waals surface area contributed by atoms with Gasteiger partial charge < -0.3 is 15.2 Å². The Balaban J connectivity index is 2.17. The summed E-state index contributed by atoms with van der Waals surface area (Å²) in [4.78, 5) is 0. The molecule has 1 aliphatic heterocycles. The zero-order chi connectivity index (χ0) is 12.3. The first-order chi connectivity index (χ1) is 8.24. The lowest BCUT2D eigenvalue weighted by Gasteiger charge is -2.33. The number of hydrogen-bond acceptors (Lipinski definition) is 3. The largest absolute Gasteiger partial charge is 0.391 e. The topological polar surface area (TPSA) is 41.5 Å². The number of hydrogen-bond donors (Lipinski definition) is 2. The smallest absolute Gasteiger partial charge is 0.0782 e. The fourth-order valence-corrected chi connectivity index (χ4v) is 2.53. The van der Waals surface area contributed by atoms with Crippen LogP contribution in [0.15, 0.2) is 24.3 Å². The van der Waals surface area contributed by atoms with Crippen LogP contribution in [0.2, 0.25) is 0 Å². The van der Waals surface area contributed by atoms with Gasteiger partial charge in [0.25, 0.3) is 0 Å². The van der Waals surface area contributed by atoms with Gasteiger partial charge in [0.1, 0.15) is 0 Å². The number of aliphatic hydroxyl groups excluding tert-OH is 1. The van der Waals surface area contributed by atoms with Crippen LogP contribution in [-0.4, -0.2) is 31.5 Å². The van der Waals surface area contributed by atoms with Crippen LogP contribution in [0.1, 0.15) is 24.1 Å². The maximum Gasteiger partial charge on any atom is 0.0782 e. The number of benzene rings is 1. The molecule has 0 saturated heterocycles. The summed E-state index contributed by atoms with van der Waals surface area (Å²) in [5.41, 5.74) is 2.58. The van der Waals surface area contributed by atoms with Crippen LogP contribution in [0.4, 0.5) is 0 Å². The van der Waals surface area contributed by atoms with E-state index in [1.54, 1.807) is 7.11 Å². The van der Waals surface area contributed by atoms with Gasteiger partial charge in [-0.2, -0.15) is 0 Å². The van der Waals surface area contributed by atoms with Crippen molar-refractivity contribution in [2.24, 2.45) is 5.92 Å². The zero-order valence-electron chi connectivity index (χ0n) is 10.5. The molecule has 0 amide bonds. The Morgan fingerprint density at radius 1 is 1.47 bits per heavy atom. The molecule has 0 spiro atoms. The summed E-state index contributed by atoms with van der Waals surface area (Å²) in [5, 5.41) is 13.8. The first-order valence-electron chi connectivity index (χ1n) is 6.22. The molecule has 94 valence electrons. The Labute approximate surface area is 103 Å². The van der Waals surface area contributed by atoms with Crippen molar-refractivity contribution in [1.29, 1.82) is 0 Å². The summed E-state index contributed by atoms with van der Waals surface area (Å²) in [6.45, 7) is 3.53. The molecule has 3 unspecified atom stereocenters. The van der Waals surface area contributed by atoms with Crippen LogP contribution in [0, 0.1) is 5.92 Å². The maximum absolute atomic E-state index is 10.4. The Morgan fingerprint density at radius 2 is 2.24 bits per heavy atom. The van der Waals surface area contributed by atoms with Crippen LogP contribution in [-0.2, 0) is 11.2 Å². The summed E-state index contributed by atoms with van der Waals surface area (Å²) >= 11 is 0. The molecule has 3 heteroatoms. The quantitative estimate of drug-likeness (QED) is 0.831. The van der Waals surface area contributed by atoms with Crippen molar-refractivity contribution in [1.82, 2.24) is 5.32 Å². The van der Waals surface area contributed by atoms with Crippen LogP contribution in [0.25, 0.3) is 0 Å². The standard InChI is InChI=1S/C14H21NO2/c1-10(9-17-2)14(16)13-12-6-4-3-5-11(12)7-8-15-13/h3-6,10,13-16H,7-9H2,1-2H3. The van der Waals surface area contributed by atoms with Gasteiger partial charge in [-0.25, -0.2) is 0 Å². The Morgan fingerprint density at radius 3 is 3.00 bits per heavy atom. The summed E-state index contributed by atoms with van der Waals surface area (Å²) in [6.07, 6.45) is 0.634. The molecule has 0 fully saturated rings. The van der Waals surface area contributed by atoms with E-state index in [2.05, 4.69) is 23.5 Å². The highest BCUT2D eigenvalue weighted by atomic mass is 16.5. The minimum atomic E-state index is -0.406. The molecule has 0 aliphatic carbocycles. The molecular weight excluding hydrogens is 214 g/mol. The van der Waals surface area contributed by atoms with E-state index in [0.717, 1.165) is 13.0 Å². The van der Waals surface area contributed by atoms with Crippen molar-refractivity contribution in [3.8, 4) is 0 Å². The van der Waals surface area contributed by atoms with E-state index >= 15 is 0 Å². The molecule has 1 aromatic carbocycles. The van der Waals surface area contributed by atoms with Crippen molar-refractivity contribution in [2.75, 3.05) is 20.3 Å². The molecule has 2 rings (SSSR count). The Hall–Kier alpha value is -0.900. The molecule has 1 aliphatic rings. The number of aliphatic hydroxyl groups is 1. The fraction of sp³-hybridized carbons (Fsp3) is 0.571. The second kappa shape index (κ2) is 5.63. The van der Waals surface area contributed by atoms with Gasteiger partial charge in [0, 0.05) is 13.0 Å². The van der Waals surface area contributed by atoms with Crippen LogP contribution >= 0.6 is 0 Å². The van der Waals surface area contributed by atoms with Crippen molar-refractivity contribution >= 4 is 0 Å². The summed E-state index contributed by atoms with van der Waals surface area (Å²) in [5.74, 6) is 0.128. The highest BCUT2D eigenvalue weighted by molar-refractivity contribution is 5.33. The molecule has 0 saturated carbocycles. The molecule has 3 atom stereocenters. The van der Waals surface area contributed by atoms with Gasteiger partial charge in [-0.05, 0) is 24.1 Å². The zero-order valence-corrected chi connectivity index (χ0v) is 10.5. The third kappa shape index (κ3) is 2.68. The molecule has 0 radical (unpaired) electrons. The number of nitrogens with one attached hydrogen (secondary N) is 1. The lowest BCUT2D eigenvalue weighted by Crippen LogP contribution is -2.41. The fourth-order valence-electron chi connectivity index (χ4n) is 2.53. The van der Waals surface area contributed by atoms with E-state index in [-0.39, 0.29) is 12.0 Å². The van der Waals surface area contributed by atoms with E-state index < -0.39 is 6.10 Å². The predicted molar refractivity (Wildman–Crippen MR) is 67.9 cm³/mol. The first kappa shape index (κ1) is 12.6. The Kier molecular flexibility index (Phi) is 4.15. The summed E-state index contributed by atoms with van der Waals surface area (Å²) < 4.78 is 5.12. The lowest BCUT2D eigenvalue weighted by atomic mass is 9.87. The van der Waals surface area contributed by atoms with Crippen LogP contribution in [0.3, 0.4) is 0 Å². The lowest BCUT2D eigenvalue weighted by molar-refractivity contribution is 0.0301. The van der Waals surface area contributed by atoms with E-state index in [9.17, 15) is 5.11 Å². The van der Waals surface area contributed by atoms with Crippen LogP contribution in [0.5, 0.6) is 0 Å². The number of ether oxygens (including phenoxy) is 1. The van der Waals surface area contributed by atoms with Gasteiger partial charge in [-0.1, -0.05) is 31.2 Å². The van der Waals surface area contributed by atoms with Crippen molar-refractivity contribution in [3.63, 3.8) is 0 Å². The molecule has 3 nitrogen and oxygen atoms in total. The normalized spacial score (nSPS) is 22.9. The number of rotatable bonds is 4. The monoisotopic (exact) mass is 235 g/mol. The molecule has 2 N–H and O–H groups in total. The third-order valence-corrected chi connectivity index (χ3v) is 3.50. The van der Waals surface area contributed by atoms with Gasteiger partial charge >= 0.3 is 0 Å². The van der Waals surface area contributed by atoms with Crippen LogP contribution < -0.4 is 5.32 Å². The van der Waals surface area contributed by atoms with Gasteiger partial charge in [0.2, 0.25) is 0 Å². The highest BCUT2D eigenvalue weighted by Gasteiger charge is 2.29. The second-order valence-corrected chi connectivity index (χ2v) is 4.80. The maximum atomic E-state index is 10.4. The second-order valence-electron chi connectivity index (χ2n) is 4.80. The van der Waals surface area contributed by atoms with Crippen molar-refractivity contribution in [2.45, 2.75) is 25.5 Å².